The van der Waals surface area contributed by atoms with Gasteiger partial charge < -0.3 is 14.8 Å². The molecular weight excluding hydrogens is 330 g/mol. The highest BCUT2D eigenvalue weighted by atomic mass is 16.5. The molecule has 0 aliphatic carbocycles. The molecule has 0 unspecified atom stereocenters. The first-order valence-corrected chi connectivity index (χ1v) is 8.45. The molecule has 5 heteroatoms. The van der Waals surface area contributed by atoms with E-state index in [1.54, 1.807) is 0 Å². The molecule has 0 aliphatic rings. The second-order valence-corrected chi connectivity index (χ2v) is 5.62. The maximum absolute atomic E-state index is 11.7. The summed E-state index contributed by atoms with van der Waals surface area (Å²) in [6.45, 7) is 0.603. The summed E-state index contributed by atoms with van der Waals surface area (Å²) in [5.41, 5.74) is 3.01. The van der Waals surface area contributed by atoms with Crippen LogP contribution in [0.15, 0.2) is 60.7 Å². The Bertz CT molecular complexity index is 741. The Balaban J connectivity index is 1.77. The lowest BCUT2D eigenvalue weighted by Crippen LogP contribution is -2.24. The molecule has 0 radical (unpaired) electrons. The van der Waals surface area contributed by atoms with E-state index in [1.807, 2.05) is 66.7 Å². The maximum Gasteiger partial charge on any atom is 0.407 e. The molecule has 0 fully saturated rings. The van der Waals surface area contributed by atoms with Gasteiger partial charge in [-0.2, -0.15) is 0 Å². The van der Waals surface area contributed by atoms with E-state index in [2.05, 4.69) is 10.1 Å². The molecule has 5 nitrogen and oxygen atoms in total. The number of benzene rings is 2. The van der Waals surface area contributed by atoms with Crippen molar-refractivity contribution in [1.82, 2.24) is 5.32 Å². The highest BCUT2D eigenvalue weighted by molar-refractivity contribution is 5.70. The standard InChI is InChI=1S/C21H23NO4/c1-25-20(23)14-13-19-11-6-5-10-18(19)12-7-15-22-21(24)26-16-17-8-3-2-4-9-17/h2-12H,13-16H2,1H3,(H,22,24). The van der Waals surface area contributed by atoms with Crippen LogP contribution in [0.1, 0.15) is 23.1 Å². The number of hydrogen-bond acceptors (Lipinski definition) is 4. The van der Waals surface area contributed by atoms with Gasteiger partial charge in [-0.3, -0.25) is 4.79 Å². The van der Waals surface area contributed by atoms with Crippen LogP contribution >= 0.6 is 0 Å². The van der Waals surface area contributed by atoms with Crippen LogP contribution in [0.4, 0.5) is 4.79 Å². The fourth-order valence-corrected chi connectivity index (χ4v) is 2.37. The smallest absolute Gasteiger partial charge is 0.407 e. The number of carbonyl (C=O) groups excluding carboxylic acids is 2. The van der Waals surface area contributed by atoms with E-state index in [4.69, 9.17) is 4.74 Å². The normalized spacial score (nSPS) is 10.5. The van der Waals surface area contributed by atoms with Gasteiger partial charge >= 0.3 is 12.1 Å². The predicted molar refractivity (Wildman–Crippen MR) is 100 cm³/mol. The lowest BCUT2D eigenvalue weighted by atomic mass is 10.0. The van der Waals surface area contributed by atoms with Gasteiger partial charge in [0.2, 0.25) is 0 Å². The van der Waals surface area contributed by atoms with Gasteiger partial charge in [0.25, 0.3) is 0 Å². The predicted octanol–water partition coefficient (Wildman–Crippen LogP) is 3.73. The Morgan fingerprint density at radius 3 is 2.54 bits per heavy atom. The van der Waals surface area contributed by atoms with Crippen LogP contribution in [0, 0.1) is 0 Å². The summed E-state index contributed by atoms with van der Waals surface area (Å²) >= 11 is 0. The molecule has 2 aromatic rings. The van der Waals surface area contributed by atoms with Crippen molar-refractivity contribution in [3.05, 3.63) is 77.4 Å². The van der Waals surface area contributed by atoms with E-state index in [9.17, 15) is 9.59 Å². The number of ether oxygens (including phenoxy) is 2. The molecule has 0 aromatic heterocycles. The Labute approximate surface area is 153 Å². The third-order valence-corrected chi connectivity index (χ3v) is 3.76. The van der Waals surface area contributed by atoms with E-state index in [0.29, 0.717) is 19.4 Å². The largest absolute Gasteiger partial charge is 0.469 e. The van der Waals surface area contributed by atoms with Crippen molar-refractivity contribution in [1.29, 1.82) is 0 Å². The van der Waals surface area contributed by atoms with Crippen LogP contribution in [-0.2, 0) is 27.3 Å². The van der Waals surface area contributed by atoms with Crippen molar-refractivity contribution in [2.45, 2.75) is 19.4 Å². The number of hydrogen-bond donors (Lipinski definition) is 1. The molecule has 0 spiro atoms. The summed E-state index contributed by atoms with van der Waals surface area (Å²) in [6.07, 6.45) is 4.26. The summed E-state index contributed by atoms with van der Waals surface area (Å²) in [6, 6.07) is 17.3. The lowest BCUT2D eigenvalue weighted by molar-refractivity contribution is -0.140. The quantitative estimate of drug-likeness (QED) is 0.735. The molecule has 1 N–H and O–H groups in total. The van der Waals surface area contributed by atoms with Gasteiger partial charge in [0.15, 0.2) is 0 Å². The number of carbonyl (C=O) groups is 2. The maximum atomic E-state index is 11.7. The van der Waals surface area contributed by atoms with Gasteiger partial charge in [0.1, 0.15) is 6.61 Å². The highest BCUT2D eigenvalue weighted by Crippen LogP contribution is 2.13. The number of esters is 1. The topological polar surface area (TPSA) is 64.6 Å². The first kappa shape index (κ1) is 19.2. The Morgan fingerprint density at radius 2 is 1.77 bits per heavy atom. The zero-order valence-corrected chi connectivity index (χ0v) is 14.8. The summed E-state index contributed by atoms with van der Waals surface area (Å²) in [7, 11) is 1.39. The molecular formula is C21H23NO4. The minimum absolute atomic E-state index is 0.230. The van der Waals surface area contributed by atoms with E-state index in [-0.39, 0.29) is 12.6 Å². The zero-order valence-electron chi connectivity index (χ0n) is 14.8. The Kier molecular flexibility index (Phi) is 7.93. The number of nitrogens with one attached hydrogen (secondary N) is 1. The third kappa shape index (κ3) is 6.81. The number of alkyl carbamates (subject to hydrolysis) is 1. The fraction of sp³-hybridized carbons (Fsp3) is 0.238. The van der Waals surface area contributed by atoms with Crippen molar-refractivity contribution in [2.75, 3.05) is 13.7 Å². The molecule has 0 saturated heterocycles. The molecule has 26 heavy (non-hydrogen) atoms. The third-order valence-electron chi connectivity index (χ3n) is 3.76. The van der Waals surface area contributed by atoms with Gasteiger partial charge in [-0.15, -0.1) is 0 Å². The SMILES string of the molecule is COC(=O)CCc1ccccc1C=CCNC(=O)OCc1ccccc1. The Morgan fingerprint density at radius 1 is 1.04 bits per heavy atom. The molecule has 2 aromatic carbocycles. The van der Waals surface area contributed by atoms with Crippen LogP contribution < -0.4 is 5.32 Å². The molecule has 136 valence electrons. The van der Waals surface area contributed by atoms with Crippen molar-refractivity contribution in [3.63, 3.8) is 0 Å². The van der Waals surface area contributed by atoms with E-state index >= 15 is 0 Å². The fourth-order valence-electron chi connectivity index (χ4n) is 2.37. The molecule has 0 atom stereocenters. The summed E-state index contributed by atoms with van der Waals surface area (Å²) in [5.74, 6) is -0.230. The van der Waals surface area contributed by atoms with Crippen LogP contribution in [0.25, 0.3) is 6.08 Å². The average molecular weight is 353 g/mol. The van der Waals surface area contributed by atoms with Crippen LogP contribution in [0.3, 0.4) is 0 Å². The minimum atomic E-state index is -0.461. The van der Waals surface area contributed by atoms with Gasteiger partial charge in [0.05, 0.1) is 7.11 Å². The Hall–Kier alpha value is -3.08. The van der Waals surface area contributed by atoms with Gasteiger partial charge in [0, 0.05) is 13.0 Å². The monoisotopic (exact) mass is 353 g/mol. The zero-order chi connectivity index (χ0) is 18.6. The first-order valence-electron chi connectivity index (χ1n) is 8.45. The lowest BCUT2D eigenvalue weighted by Gasteiger charge is -2.06. The van der Waals surface area contributed by atoms with Crippen LogP contribution in [-0.4, -0.2) is 25.7 Å². The molecule has 2 rings (SSSR count). The molecule has 0 bridgehead atoms. The summed E-state index contributed by atoms with van der Waals surface area (Å²) in [4.78, 5) is 23.0. The van der Waals surface area contributed by atoms with Crippen LogP contribution in [0.2, 0.25) is 0 Å². The van der Waals surface area contributed by atoms with Gasteiger partial charge in [-0.1, -0.05) is 66.7 Å². The van der Waals surface area contributed by atoms with Crippen molar-refractivity contribution < 1.29 is 19.1 Å². The molecule has 1 amide bonds. The minimum Gasteiger partial charge on any atom is -0.469 e. The second-order valence-electron chi connectivity index (χ2n) is 5.62. The molecule has 0 saturated carbocycles. The van der Waals surface area contributed by atoms with E-state index in [1.165, 1.54) is 7.11 Å². The first-order chi connectivity index (χ1) is 12.7. The molecule has 0 heterocycles. The van der Waals surface area contributed by atoms with Gasteiger partial charge in [-0.25, -0.2) is 4.79 Å². The van der Waals surface area contributed by atoms with Gasteiger partial charge in [-0.05, 0) is 23.1 Å². The van der Waals surface area contributed by atoms with Crippen LogP contribution in [0.5, 0.6) is 0 Å². The van der Waals surface area contributed by atoms with Crippen molar-refractivity contribution in [3.8, 4) is 0 Å². The number of methoxy groups -OCH3 is 1. The number of amides is 1. The molecule has 0 aliphatic heterocycles. The number of rotatable bonds is 8. The van der Waals surface area contributed by atoms with E-state index in [0.717, 1.165) is 16.7 Å². The van der Waals surface area contributed by atoms with E-state index < -0.39 is 6.09 Å². The number of aryl methyl sites for hydroxylation is 1. The van der Waals surface area contributed by atoms with Crippen molar-refractivity contribution in [2.24, 2.45) is 0 Å². The summed E-state index contributed by atoms with van der Waals surface area (Å²) in [5, 5.41) is 2.68. The summed E-state index contributed by atoms with van der Waals surface area (Å²) < 4.78 is 9.82. The highest BCUT2D eigenvalue weighted by Gasteiger charge is 2.04. The average Bonchev–Trinajstić information content (AvgIpc) is 2.69. The second kappa shape index (κ2) is 10.7. The van der Waals surface area contributed by atoms with Crippen molar-refractivity contribution >= 4 is 18.1 Å².